The highest BCUT2D eigenvalue weighted by Gasteiger charge is 2.18. The lowest BCUT2D eigenvalue weighted by Crippen LogP contribution is -2.49. The number of piperazine rings is 1. The Morgan fingerprint density at radius 1 is 1.71 bits per heavy atom. The highest BCUT2D eigenvalue weighted by molar-refractivity contribution is 5.91. The molecule has 1 aliphatic rings. The molecule has 1 unspecified atom stereocenters. The minimum Gasteiger partial charge on any atom is -0.366 e. The summed E-state index contributed by atoms with van der Waals surface area (Å²) in [5.74, 6) is -0.378. The van der Waals surface area contributed by atoms with Gasteiger partial charge in [-0.05, 0) is 19.9 Å². The van der Waals surface area contributed by atoms with Gasteiger partial charge in [-0.15, -0.1) is 0 Å². The highest BCUT2D eigenvalue weighted by Crippen LogP contribution is 2.10. The van der Waals surface area contributed by atoms with Crippen LogP contribution in [0.1, 0.15) is 12.8 Å². The standard InChI is InChI=1S/C10H19N3O/c1-8(10(11)14)3-4-9-7-12-5-6-13(9)2/h9,12H,1,3-7H2,2H3,(H2,11,14). The molecule has 1 amide bonds. The van der Waals surface area contributed by atoms with Gasteiger partial charge in [0.05, 0.1) is 0 Å². The summed E-state index contributed by atoms with van der Waals surface area (Å²) >= 11 is 0. The van der Waals surface area contributed by atoms with Crippen LogP contribution in [0.4, 0.5) is 0 Å². The van der Waals surface area contributed by atoms with Gasteiger partial charge in [-0.2, -0.15) is 0 Å². The SMILES string of the molecule is C=C(CCC1CNCCN1C)C(N)=O. The van der Waals surface area contributed by atoms with E-state index in [1.807, 2.05) is 0 Å². The zero-order valence-corrected chi connectivity index (χ0v) is 8.75. The van der Waals surface area contributed by atoms with Crippen LogP contribution >= 0.6 is 0 Å². The van der Waals surface area contributed by atoms with E-state index >= 15 is 0 Å². The van der Waals surface area contributed by atoms with Crippen molar-refractivity contribution < 1.29 is 4.79 Å². The van der Waals surface area contributed by atoms with E-state index < -0.39 is 0 Å². The smallest absolute Gasteiger partial charge is 0.244 e. The maximum atomic E-state index is 10.7. The molecule has 4 heteroatoms. The van der Waals surface area contributed by atoms with Crippen LogP contribution in [0, 0.1) is 0 Å². The summed E-state index contributed by atoms with van der Waals surface area (Å²) in [6.45, 7) is 6.75. The molecule has 3 N–H and O–H groups in total. The Bertz CT molecular complexity index is 227. The molecule has 0 aromatic carbocycles. The van der Waals surface area contributed by atoms with Crippen molar-refractivity contribution in [2.24, 2.45) is 5.73 Å². The summed E-state index contributed by atoms with van der Waals surface area (Å²) in [4.78, 5) is 13.1. The Labute approximate surface area is 85.1 Å². The second-order valence-electron chi connectivity index (χ2n) is 3.85. The first-order valence-corrected chi connectivity index (χ1v) is 5.00. The predicted molar refractivity (Wildman–Crippen MR) is 56.9 cm³/mol. The molecule has 1 saturated heterocycles. The van der Waals surface area contributed by atoms with Crippen LogP contribution in [0.15, 0.2) is 12.2 Å². The van der Waals surface area contributed by atoms with Gasteiger partial charge in [0.15, 0.2) is 0 Å². The average Bonchev–Trinajstić information content (AvgIpc) is 2.16. The summed E-state index contributed by atoms with van der Waals surface area (Å²) in [5.41, 5.74) is 5.65. The number of nitrogens with two attached hydrogens (primary N) is 1. The third kappa shape index (κ3) is 3.12. The van der Waals surface area contributed by atoms with E-state index in [-0.39, 0.29) is 5.91 Å². The average molecular weight is 197 g/mol. The quantitative estimate of drug-likeness (QED) is 0.609. The number of likely N-dealkylation sites (N-methyl/N-ethyl adjacent to an activating group) is 1. The van der Waals surface area contributed by atoms with Crippen LogP contribution in [0.5, 0.6) is 0 Å². The molecule has 0 saturated carbocycles. The molecule has 0 radical (unpaired) electrons. The highest BCUT2D eigenvalue weighted by atomic mass is 16.1. The van der Waals surface area contributed by atoms with E-state index in [4.69, 9.17) is 5.73 Å². The number of nitrogens with zero attached hydrogens (tertiary/aromatic N) is 1. The van der Waals surface area contributed by atoms with Gasteiger partial charge in [0.1, 0.15) is 0 Å². The molecule has 1 fully saturated rings. The number of carbonyl (C=O) groups excluding carboxylic acids is 1. The second kappa shape index (κ2) is 5.12. The lowest BCUT2D eigenvalue weighted by Gasteiger charge is -2.33. The molecule has 0 bridgehead atoms. The number of hydrogen-bond acceptors (Lipinski definition) is 3. The third-order valence-electron chi connectivity index (χ3n) is 2.77. The van der Waals surface area contributed by atoms with Crippen molar-refractivity contribution in [3.8, 4) is 0 Å². The van der Waals surface area contributed by atoms with E-state index in [9.17, 15) is 4.79 Å². The van der Waals surface area contributed by atoms with Gasteiger partial charge in [-0.25, -0.2) is 0 Å². The molecule has 0 aromatic rings. The van der Waals surface area contributed by atoms with Gasteiger partial charge in [0.25, 0.3) is 0 Å². The summed E-state index contributed by atoms with van der Waals surface area (Å²) in [6.07, 6.45) is 1.65. The molecule has 1 rings (SSSR count). The Hall–Kier alpha value is -0.870. The van der Waals surface area contributed by atoms with Crippen LogP contribution in [0.2, 0.25) is 0 Å². The minimum atomic E-state index is -0.378. The van der Waals surface area contributed by atoms with E-state index in [0.29, 0.717) is 18.0 Å². The fourth-order valence-corrected chi connectivity index (χ4v) is 1.65. The molecule has 0 aliphatic carbocycles. The van der Waals surface area contributed by atoms with Gasteiger partial charge in [0, 0.05) is 31.2 Å². The molecule has 0 spiro atoms. The van der Waals surface area contributed by atoms with E-state index in [2.05, 4.69) is 23.8 Å². The van der Waals surface area contributed by atoms with Crippen LogP contribution in [0.25, 0.3) is 0 Å². The summed E-state index contributed by atoms with van der Waals surface area (Å²) in [7, 11) is 2.11. The van der Waals surface area contributed by atoms with Crippen molar-refractivity contribution in [3.05, 3.63) is 12.2 Å². The number of carbonyl (C=O) groups is 1. The zero-order chi connectivity index (χ0) is 10.6. The van der Waals surface area contributed by atoms with Crippen LogP contribution < -0.4 is 11.1 Å². The maximum Gasteiger partial charge on any atom is 0.244 e. The van der Waals surface area contributed by atoms with Crippen molar-refractivity contribution in [2.75, 3.05) is 26.7 Å². The minimum absolute atomic E-state index is 0.378. The third-order valence-corrected chi connectivity index (χ3v) is 2.77. The molecular weight excluding hydrogens is 178 g/mol. The normalized spacial score (nSPS) is 23.4. The molecule has 4 nitrogen and oxygen atoms in total. The molecule has 1 aliphatic heterocycles. The number of amides is 1. The number of rotatable bonds is 4. The predicted octanol–water partition coefficient (Wildman–Crippen LogP) is -0.288. The van der Waals surface area contributed by atoms with Crippen molar-refractivity contribution >= 4 is 5.91 Å². The first kappa shape index (κ1) is 11.2. The maximum absolute atomic E-state index is 10.7. The van der Waals surface area contributed by atoms with Gasteiger partial charge in [0.2, 0.25) is 5.91 Å². The number of nitrogens with one attached hydrogen (secondary N) is 1. The van der Waals surface area contributed by atoms with Gasteiger partial charge in [-0.1, -0.05) is 6.58 Å². The summed E-state index contributed by atoms with van der Waals surface area (Å²) in [5, 5.41) is 3.33. The van der Waals surface area contributed by atoms with Crippen LogP contribution in [0.3, 0.4) is 0 Å². The zero-order valence-electron chi connectivity index (χ0n) is 8.75. The monoisotopic (exact) mass is 197 g/mol. The Balaban J connectivity index is 2.29. The van der Waals surface area contributed by atoms with E-state index in [0.717, 1.165) is 26.1 Å². The van der Waals surface area contributed by atoms with Crippen molar-refractivity contribution in [1.29, 1.82) is 0 Å². The van der Waals surface area contributed by atoms with Gasteiger partial charge in [-0.3, -0.25) is 4.79 Å². The largest absolute Gasteiger partial charge is 0.366 e. The fourth-order valence-electron chi connectivity index (χ4n) is 1.65. The lowest BCUT2D eigenvalue weighted by atomic mass is 10.0. The molecular formula is C10H19N3O. The second-order valence-corrected chi connectivity index (χ2v) is 3.85. The Morgan fingerprint density at radius 2 is 2.43 bits per heavy atom. The molecule has 0 aromatic heterocycles. The molecule has 14 heavy (non-hydrogen) atoms. The Morgan fingerprint density at radius 3 is 3.00 bits per heavy atom. The summed E-state index contributed by atoms with van der Waals surface area (Å²) < 4.78 is 0. The lowest BCUT2D eigenvalue weighted by molar-refractivity contribution is -0.114. The van der Waals surface area contributed by atoms with Gasteiger partial charge >= 0.3 is 0 Å². The number of hydrogen-bond donors (Lipinski definition) is 2. The molecule has 1 atom stereocenters. The molecule has 1 heterocycles. The summed E-state index contributed by atoms with van der Waals surface area (Å²) in [6, 6.07) is 0.500. The van der Waals surface area contributed by atoms with Crippen LogP contribution in [-0.4, -0.2) is 43.5 Å². The van der Waals surface area contributed by atoms with Crippen molar-refractivity contribution in [3.63, 3.8) is 0 Å². The first-order valence-electron chi connectivity index (χ1n) is 5.00. The van der Waals surface area contributed by atoms with Gasteiger partial charge < -0.3 is 16.0 Å². The molecule has 80 valence electrons. The first-order chi connectivity index (χ1) is 6.61. The van der Waals surface area contributed by atoms with E-state index in [1.165, 1.54) is 0 Å². The topological polar surface area (TPSA) is 58.4 Å². The number of primary amides is 1. The van der Waals surface area contributed by atoms with E-state index in [1.54, 1.807) is 0 Å². The van der Waals surface area contributed by atoms with Crippen molar-refractivity contribution in [2.45, 2.75) is 18.9 Å². The van der Waals surface area contributed by atoms with Crippen LogP contribution in [-0.2, 0) is 4.79 Å². The fraction of sp³-hybridized carbons (Fsp3) is 0.700. The van der Waals surface area contributed by atoms with Crippen molar-refractivity contribution in [1.82, 2.24) is 10.2 Å². The Kier molecular flexibility index (Phi) is 4.10.